The van der Waals surface area contributed by atoms with Gasteiger partial charge in [0.25, 0.3) is 11.5 Å². The molecule has 1 amide bonds. The van der Waals surface area contributed by atoms with Gasteiger partial charge in [0.05, 0.1) is 23.6 Å². The number of rotatable bonds is 5. The average Bonchev–Trinajstić information content (AvgIpc) is 2.62. The minimum atomic E-state index is -0.320. The number of carbonyl (C=O) groups is 1. The van der Waals surface area contributed by atoms with Crippen LogP contribution in [0.2, 0.25) is 0 Å². The molecule has 0 saturated carbocycles. The molecule has 2 heterocycles. The molecule has 0 radical (unpaired) electrons. The highest BCUT2D eigenvalue weighted by atomic mass is 16.2. The predicted octanol–water partition coefficient (Wildman–Crippen LogP) is 1.18. The fourth-order valence-electron chi connectivity index (χ4n) is 2.27. The normalized spacial score (nSPS) is 10.7. The Morgan fingerprint density at radius 1 is 1.21 bits per heavy atom. The Balaban J connectivity index is 1.63. The maximum Gasteiger partial charge on any atom is 0.271 e. The topological polar surface area (TPSA) is 89.8 Å². The van der Waals surface area contributed by atoms with Crippen molar-refractivity contribution in [3.8, 4) is 0 Å². The van der Waals surface area contributed by atoms with Gasteiger partial charge in [-0.1, -0.05) is 19.1 Å². The number of aryl methyl sites for hydroxylation is 1. The quantitative estimate of drug-likeness (QED) is 0.761. The highest BCUT2D eigenvalue weighted by molar-refractivity contribution is 5.93. The molecule has 2 aromatic heterocycles. The fraction of sp³-hybridized carbons (Fsp3) is 0.235. The average molecular weight is 323 g/mol. The number of amides is 1. The maximum absolute atomic E-state index is 12.1. The van der Waals surface area contributed by atoms with Crippen molar-refractivity contribution in [1.29, 1.82) is 0 Å². The second-order valence-electron chi connectivity index (χ2n) is 5.27. The molecule has 0 unspecified atom stereocenters. The first-order chi connectivity index (χ1) is 11.7. The van der Waals surface area contributed by atoms with E-state index in [-0.39, 0.29) is 17.2 Å². The number of hydrogen-bond acceptors (Lipinski definition) is 5. The second kappa shape index (κ2) is 6.99. The van der Waals surface area contributed by atoms with Gasteiger partial charge in [0.2, 0.25) is 0 Å². The number of fused-ring (bicyclic) bond motifs is 1. The lowest BCUT2D eigenvalue weighted by Gasteiger charge is -2.07. The van der Waals surface area contributed by atoms with Crippen LogP contribution in [0.25, 0.3) is 11.0 Å². The van der Waals surface area contributed by atoms with Crippen molar-refractivity contribution in [2.45, 2.75) is 19.9 Å². The Morgan fingerprint density at radius 3 is 2.75 bits per heavy atom. The molecule has 0 bridgehead atoms. The molecular formula is C17H17N5O2. The highest BCUT2D eigenvalue weighted by Crippen LogP contribution is 2.08. The molecule has 0 fully saturated rings. The third-order valence-electron chi connectivity index (χ3n) is 3.62. The van der Waals surface area contributed by atoms with Crippen LogP contribution in [-0.2, 0) is 13.0 Å². The van der Waals surface area contributed by atoms with Crippen LogP contribution < -0.4 is 10.9 Å². The lowest BCUT2D eigenvalue weighted by molar-refractivity contribution is 0.0947. The third-order valence-corrected chi connectivity index (χ3v) is 3.62. The van der Waals surface area contributed by atoms with E-state index in [1.165, 1.54) is 23.2 Å². The van der Waals surface area contributed by atoms with Gasteiger partial charge in [-0.05, 0) is 18.6 Å². The lowest BCUT2D eigenvalue weighted by Crippen LogP contribution is -2.31. The van der Waals surface area contributed by atoms with Crippen molar-refractivity contribution in [2.75, 3.05) is 6.54 Å². The molecule has 0 saturated heterocycles. The summed E-state index contributed by atoms with van der Waals surface area (Å²) in [5, 5.41) is 2.74. The Labute approximate surface area is 138 Å². The van der Waals surface area contributed by atoms with Crippen LogP contribution in [0.4, 0.5) is 0 Å². The zero-order chi connectivity index (χ0) is 16.9. The molecule has 0 atom stereocenters. The SMILES string of the molecule is CCc1cc(=O)n(CCNC(=O)c2cnc3ccccc3n2)cn1. The van der Waals surface area contributed by atoms with Crippen molar-refractivity contribution < 1.29 is 4.79 Å². The van der Waals surface area contributed by atoms with E-state index in [2.05, 4.69) is 20.3 Å². The number of carbonyl (C=O) groups excluding carboxylic acids is 1. The first kappa shape index (κ1) is 15.8. The van der Waals surface area contributed by atoms with Crippen molar-refractivity contribution in [3.63, 3.8) is 0 Å². The van der Waals surface area contributed by atoms with Crippen LogP contribution in [0.5, 0.6) is 0 Å². The van der Waals surface area contributed by atoms with E-state index in [0.717, 1.165) is 11.2 Å². The zero-order valence-electron chi connectivity index (χ0n) is 13.3. The first-order valence-electron chi connectivity index (χ1n) is 7.72. The van der Waals surface area contributed by atoms with Gasteiger partial charge in [0.1, 0.15) is 5.69 Å². The van der Waals surface area contributed by atoms with E-state index in [0.29, 0.717) is 25.0 Å². The van der Waals surface area contributed by atoms with E-state index < -0.39 is 0 Å². The summed E-state index contributed by atoms with van der Waals surface area (Å²) < 4.78 is 1.46. The molecule has 0 aliphatic rings. The summed E-state index contributed by atoms with van der Waals surface area (Å²) in [5.74, 6) is -0.320. The van der Waals surface area contributed by atoms with Crippen molar-refractivity contribution in [3.05, 3.63) is 64.6 Å². The number of aromatic nitrogens is 4. The molecule has 7 nitrogen and oxygen atoms in total. The summed E-state index contributed by atoms with van der Waals surface area (Å²) in [6.07, 6.45) is 3.66. The molecule has 3 rings (SSSR count). The molecular weight excluding hydrogens is 306 g/mol. The van der Waals surface area contributed by atoms with Gasteiger partial charge in [0.15, 0.2) is 0 Å². The maximum atomic E-state index is 12.1. The van der Waals surface area contributed by atoms with E-state index in [9.17, 15) is 9.59 Å². The Kier molecular flexibility index (Phi) is 4.60. The monoisotopic (exact) mass is 323 g/mol. The molecule has 7 heteroatoms. The molecule has 1 N–H and O–H groups in total. The summed E-state index contributed by atoms with van der Waals surface area (Å²) >= 11 is 0. The largest absolute Gasteiger partial charge is 0.349 e. The van der Waals surface area contributed by atoms with E-state index in [4.69, 9.17) is 0 Å². The second-order valence-corrected chi connectivity index (χ2v) is 5.27. The molecule has 0 aliphatic heterocycles. The molecule has 0 spiro atoms. The number of nitrogens with one attached hydrogen (secondary N) is 1. The Bertz CT molecular complexity index is 935. The first-order valence-corrected chi connectivity index (χ1v) is 7.72. The van der Waals surface area contributed by atoms with Gasteiger partial charge >= 0.3 is 0 Å². The summed E-state index contributed by atoms with van der Waals surface area (Å²) in [6, 6.07) is 8.87. The number of hydrogen-bond donors (Lipinski definition) is 1. The van der Waals surface area contributed by atoms with E-state index >= 15 is 0 Å². The predicted molar refractivity (Wildman–Crippen MR) is 89.7 cm³/mol. The van der Waals surface area contributed by atoms with Crippen LogP contribution in [0.3, 0.4) is 0 Å². The number of nitrogens with zero attached hydrogens (tertiary/aromatic N) is 4. The molecule has 3 aromatic rings. The smallest absolute Gasteiger partial charge is 0.271 e. The molecule has 24 heavy (non-hydrogen) atoms. The van der Waals surface area contributed by atoms with Gasteiger partial charge in [-0.2, -0.15) is 0 Å². The highest BCUT2D eigenvalue weighted by Gasteiger charge is 2.08. The van der Waals surface area contributed by atoms with Crippen molar-refractivity contribution in [2.24, 2.45) is 0 Å². The minimum absolute atomic E-state index is 0.124. The van der Waals surface area contributed by atoms with Gasteiger partial charge in [-0.15, -0.1) is 0 Å². The van der Waals surface area contributed by atoms with Gasteiger partial charge in [-0.25, -0.2) is 9.97 Å². The van der Waals surface area contributed by atoms with Crippen LogP contribution in [0.15, 0.2) is 47.7 Å². The van der Waals surface area contributed by atoms with Crippen molar-refractivity contribution >= 4 is 16.9 Å². The zero-order valence-corrected chi connectivity index (χ0v) is 13.3. The summed E-state index contributed by atoms with van der Waals surface area (Å²) in [7, 11) is 0. The van der Waals surface area contributed by atoms with Gasteiger partial charge in [0, 0.05) is 24.8 Å². The van der Waals surface area contributed by atoms with E-state index in [1.807, 2.05) is 25.1 Å². The van der Waals surface area contributed by atoms with Crippen LogP contribution >= 0.6 is 0 Å². The Hall–Kier alpha value is -3.09. The minimum Gasteiger partial charge on any atom is -0.349 e. The molecule has 1 aromatic carbocycles. The van der Waals surface area contributed by atoms with Gasteiger partial charge in [-0.3, -0.25) is 19.1 Å². The van der Waals surface area contributed by atoms with E-state index in [1.54, 1.807) is 6.07 Å². The van der Waals surface area contributed by atoms with Crippen LogP contribution in [0.1, 0.15) is 23.1 Å². The van der Waals surface area contributed by atoms with Gasteiger partial charge < -0.3 is 5.32 Å². The third kappa shape index (κ3) is 3.45. The van der Waals surface area contributed by atoms with Crippen LogP contribution in [-0.4, -0.2) is 32.0 Å². The Morgan fingerprint density at radius 2 is 2.00 bits per heavy atom. The summed E-state index contributed by atoms with van der Waals surface area (Å²) in [6.45, 7) is 2.60. The van der Waals surface area contributed by atoms with Crippen LogP contribution in [0, 0.1) is 0 Å². The molecule has 0 aliphatic carbocycles. The van der Waals surface area contributed by atoms with Crippen molar-refractivity contribution in [1.82, 2.24) is 24.8 Å². The molecule has 122 valence electrons. The standard InChI is InChI=1S/C17H17N5O2/c1-2-12-9-16(23)22(11-20-12)8-7-18-17(24)15-10-19-13-5-3-4-6-14(13)21-15/h3-6,9-11H,2,7-8H2,1H3,(H,18,24). The number of benzene rings is 1. The fourth-order valence-corrected chi connectivity index (χ4v) is 2.27. The summed E-state index contributed by atoms with van der Waals surface area (Å²) in [4.78, 5) is 36.7. The summed E-state index contributed by atoms with van der Waals surface area (Å²) in [5.41, 5.74) is 2.29. The lowest BCUT2D eigenvalue weighted by atomic mass is 10.3. The number of para-hydroxylation sites is 2.